The van der Waals surface area contributed by atoms with Crippen molar-refractivity contribution in [1.82, 2.24) is 10.2 Å². The fourth-order valence-corrected chi connectivity index (χ4v) is 6.33. The molecule has 0 saturated carbocycles. The van der Waals surface area contributed by atoms with Crippen molar-refractivity contribution in [3.05, 3.63) is 71.8 Å². The van der Waals surface area contributed by atoms with E-state index in [2.05, 4.69) is 58.7 Å². The van der Waals surface area contributed by atoms with Crippen LogP contribution >= 0.6 is 0 Å². The summed E-state index contributed by atoms with van der Waals surface area (Å²) in [6, 6.07) is 20.9. The predicted molar refractivity (Wildman–Crippen MR) is 128 cm³/mol. The predicted octanol–water partition coefficient (Wildman–Crippen LogP) is 3.94. The maximum absolute atomic E-state index is 14.0. The fourth-order valence-electron chi connectivity index (χ4n) is 6.33. The summed E-state index contributed by atoms with van der Waals surface area (Å²) < 4.78 is 5.65. The number of amides is 2. The number of likely N-dealkylation sites (tertiary alicyclic amines) is 1. The van der Waals surface area contributed by atoms with Gasteiger partial charge in [-0.15, -0.1) is 0 Å². The van der Waals surface area contributed by atoms with Gasteiger partial charge in [0.15, 0.2) is 0 Å². The molecule has 0 bridgehead atoms. The van der Waals surface area contributed by atoms with Crippen LogP contribution in [0.2, 0.25) is 0 Å². The lowest BCUT2D eigenvalue weighted by atomic mass is 9.62. The summed E-state index contributed by atoms with van der Waals surface area (Å²) in [5.74, 6) is 0.725. The molecule has 1 N–H and O–H groups in total. The Bertz CT molecular complexity index is 961. The third-order valence-electron chi connectivity index (χ3n) is 8.29. The van der Waals surface area contributed by atoms with Crippen molar-refractivity contribution in [1.29, 1.82) is 0 Å². The second-order valence-corrected chi connectivity index (χ2v) is 10.2. The highest BCUT2D eigenvalue weighted by molar-refractivity contribution is 5.83. The van der Waals surface area contributed by atoms with E-state index in [-0.39, 0.29) is 22.6 Å². The van der Waals surface area contributed by atoms with Gasteiger partial charge in [0.25, 0.3) is 0 Å². The summed E-state index contributed by atoms with van der Waals surface area (Å²) in [5, 5.41) is 3.09. The third kappa shape index (κ3) is 4.43. The fraction of sp³-hybridized carbons (Fsp3) is 0.500. The molecule has 0 unspecified atom stereocenters. The van der Waals surface area contributed by atoms with Crippen LogP contribution in [0.1, 0.15) is 49.1 Å². The molecule has 2 amide bonds. The molecule has 0 aromatic heterocycles. The zero-order chi connectivity index (χ0) is 22.7. The Balaban J connectivity index is 1.34. The number of nitrogens with one attached hydrogen (secondary N) is 1. The Morgan fingerprint density at radius 3 is 2.24 bits per heavy atom. The molecule has 3 fully saturated rings. The SMILES string of the molecule is O=C1CC2(CCN(C(=O)C3(Cc4ccccc4)CCOCC3)CC2)[C@H](c2ccccc2)CN1. The van der Waals surface area contributed by atoms with Crippen molar-refractivity contribution < 1.29 is 14.3 Å². The number of piperidine rings is 2. The molecule has 1 spiro atoms. The van der Waals surface area contributed by atoms with Crippen molar-refractivity contribution in [3.8, 4) is 0 Å². The quantitative estimate of drug-likeness (QED) is 0.774. The van der Waals surface area contributed by atoms with E-state index in [0.29, 0.717) is 32.1 Å². The van der Waals surface area contributed by atoms with E-state index in [1.165, 1.54) is 11.1 Å². The highest BCUT2D eigenvalue weighted by Gasteiger charge is 2.49. The van der Waals surface area contributed by atoms with Crippen molar-refractivity contribution in [2.24, 2.45) is 10.8 Å². The zero-order valence-corrected chi connectivity index (χ0v) is 19.3. The van der Waals surface area contributed by atoms with Gasteiger partial charge < -0.3 is 15.0 Å². The molecule has 5 rings (SSSR count). The van der Waals surface area contributed by atoms with Gasteiger partial charge in [0.2, 0.25) is 11.8 Å². The minimum Gasteiger partial charge on any atom is -0.381 e. The maximum Gasteiger partial charge on any atom is 0.229 e. The molecule has 3 heterocycles. The smallest absolute Gasteiger partial charge is 0.229 e. The van der Waals surface area contributed by atoms with Crippen molar-refractivity contribution in [2.75, 3.05) is 32.8 Å². The maximum atomic E-state index is 14.0. The van der Waals surface area contributed by atoms with Gasteiger partial charge in [-0.3, -0.25) is 9.59 Å². The summed E-state index contributed by atoms with van der Waals surface area (Å²) in [4.78, 5) is 28.5. The number of nitrogens with zero attached hydrogens (tertiary/aromatic N) is 1. The lowest BCUT2D eigenvalue weighted by molar-refractivity contribution is -0.151. The van der Waals surface area contributed by atoms with Crippen LogP contribution in [0.4, 0.5) is 0 Å². The standard InChI is InChI=1S/C28H34N2O3/c31-25-20-27(24(21-29-25)23-9-5-2-6-10-23)11-15-30(16-12-27)26(32)28(13-17-33-18-14-28)19-22-7-3-1-4-8-22/h1-10,24H,11-21H2,(H,29,31)/t24-/m0/s1. The summed E-state index contributed by atoms with van der Waals surface area (Å²) in [7, 11) is 0. The molecule has 0 aliphatic carbocycles. The average molecular weight is 447 g/mol. The van der Waals surface area contributed by atoms with Gasteiger partial charge in [-0.2, -0.15) is 0 Å². The van der Waals surface area contributed by atoms with Gasteiger partial charge in [-0.1, -0.05) is 60.7 Å². The number of benzene rings is 2. The van der Waals surface area contributed by atoms with Gasteiger partial charge in [-0.05, 0) is 48.6 Å². The highest BCUT2D eigenvalue weighted by Crippen LogP contribution is 2.49. The van der Waals surface area contributed by atoms with E-state index in [0.717, 1.165) is 45.2 Å². The molecule has 3 aliphatic heterocycles. The Morgan fingerprint density at radius 2 is 1.58 bits per heavy atom. The van der Waals surface area contributed by atoms with Crippen LogP contribution in [0.15, 0.2) is 60.7 Å². The Kier molecular flexibility index (Phi) is 6.24. The van der Waals surface area contributed by atoms with E-state index < -0.39 is 0 Å². The van der Waals surface area contributed by atoms with Gasteiger partial charge in [0, 0.05) is 45.2 Å². The molecule has 2 aromatic carbocycles. The van der Waals surface area contributed by atoms with E-state index >= 15 is 0 Å². The molecule has 174 valence electrons. The van der Waals surface area contributed by atoms with Crippen LogP contribution in [-0.2, 0) is 20.7 Å². The Morgan fingerprint density at radius 1 is 0.939 bits per heavy atom. The van der Waals surface area contributed by atoms with E-state index in [9.17, 15) is 9.59 Å². The number of rotatable bonds is 4. The topological polar surface area (TPSA) is 58.6 Å². The van der Waals surface area contributed by atoms with Crippen LogP contribution in [-0.4, -0.2) is 49.6 Å². The molecule has 3 saturated heterocycles. The largest absolute Gasteiger partial charge is 0.381 e. The Hall–Kier alpha value is -2.66. The van der Waals surface area contributed by atoms with E-state index in [4.69, 9.17) is 4.74 Å². The monoisotopic (exact) mass is 446 g/mol. The molecule has 2 aromatic rings. The van der Waals surface area contributed by atoms with E-state index in [1.807, 2.05) is 12.1 Å². The highest BCUT2D eigenvalue weighted by atomic mass is 16.5. The summed E-state index contributed by atoms with van der Waals surface area (Å²) in [6.07, 6.45) is 4.63. The third-order valence-corrected chi connectivity index (χ3v) is 8.29. The molecular weight excluding hydrogens is 412 g/mol. The minimum atomic E-state index is -0.382. The van der Waals surface area contributed by atoms with Gasteiger partial charge >= 0.3 is 0 Å². The van der Waals surface area contributed by atoms with Gasteiger partial charge in [0.05, 0.1) is 5.41 Å². The van der Waals surface area contributed by atoms with Crippen molar-refractivity contribution >= 4 is 11.8 Å². The molecule has 5 heteroatoms. The summed E-state index contributed by atoms with van der Waals surface area (Å²) >= 11 is 0. The summed E-state index contributed by atoms with van der Waals surface area (Å²) in [6.45, 7) is 3.44. The van der Waals surface area contributed by atoms with Crippen LogP contribution < -0.4 is 5.32 Å². The van der Waals surface area contributed by atoms with Gasteiger partial charge in [0.1, 0.15) is 0 Å². The van der Waals surface area contributed by atoms with Crippen LogP contribution in [0.25, 0.3) is 0 Å². The molecule has 1 atom stereocenters. The average Bonchev–Trinajstić information content (AvgIpc) is 2.86. The Labute approximate surface area is 196 Å². The van der Waals surface area contributed by atoms with Crippen molar-refractivity contribution in [3.63, 3.8) is 0 Å². The minimum absolute atomic E-state index is 0.0667. The molecule has 3 aliphatic rings. The van der Waals surface area contributed by atoms with Crippen LogP contribution in [0, 0.1) is 10.8 Å². The second kappa shape index (κ2) is 9.30. The first kappa shape index (κ1) is 22.1. The number of hydrogen-bond donors (Lipinski definition) is 1. The number of hydrogen-bond acceptors (Lipinski definition) is 3. The normalized spacial score (nSPS) is 24.3. The van der Waals surface area contributed by atoms with E-state index in [1.54, 1.807) is 0 Å². The molecule has 33 heavy (non-hydrogen) atoms. The lowest BCUT2D eigenvalue weighted by Gasteiger charge is -2.50. The second-order valence-electron chi connectivity index (χ2n) is 10.2. The van der Waals surface area contributed by atoms with Gasteiger partial charge in [-0.25, -0.2) is 0 Å². The van der Waals surface area contributed by atoms with Crippen molar-refractivity contribution in [2.45, 2.75) is 44.4 Å². The van der Waals surface area contributed by atoms with Crippen LogP contribution in [0.5, 0.6) is 0 Å². The first-order valence-electron chi connectivity index (χ1n) is 12.3. The van der Waals surface area contributed by atoms with Crippen LogP contribution in [0.3, 0.4) is 0 Å². The first-order chi connectivity index (χ1) is 16.1. The summed E-state index contributed by atoms with van der Waals surface area (Å²) in [5.41, 5.74) is 2.06. The molecule has 5 nitrogen and oxygen atoms in total. The molecule has 0 radical (unpaired) electrons. The molecular formula is C28H34N2O3. The number of ether oxygens (including phenoxy) is 1. The first-order valence-corrected chi connectivity index (χ1v) is 12.3. The number of carbonyl (C=O) groups is 2. The zero-order valence-electron chi connectivity index (χ0n) is 19.3. The number of carbonyl (C=O) groups excluding carboxylic acids is 2. The lowest BCUT2D eigenvalue weighted by Crippen LogP contribution is -2.56.